The Kier molecular flexibility index (Phi) is 4.01. The highest BCUT2D eigenvalue weighted by molar-refractivity contribution is 7.88. The van der Waals surface area contributed by atoms with Crippen molar-refractivity contribution in [3.8, 4) is 0 Å². The van der Waals surface area contributed by atoms with E-state index in [0.717, 1.165) is 12.0 Å². The first-order valence-corrected chi connectivity index (χ1v) is 8.78. The van der Waals surface area contributed by atoms with Crippen LogP contribution in [0.25, 0.3) is 0 Å². The first-order valence-electron chi connectivity index (χ1n) is 7.13. The van der Waals surface area contributed by atoms with Crippen LogP contribution in [-0.2, 0) is 22.2 Å². The number of aromatic nitrogens is 1. The van der Waals surface area contributed by atoms with Gasteiger partial charge in [-0.15, -0.1) is 0 Å². The van der Waals surface area contributed by atoms with Crippen molar-refractivity contribution in [1.82, 2.24) is 9.88 Å². The molecule has 7 heteroatoms. The zero-order valence-corrected chi connectivity index (χ0v) is 12.9. The van der Waals surface area contributed by atoms with Crippen LogP contribution < -0.4 is 4.72 Å². The molecule has 0 aliphatic heterocycles. The molecule has 2 atom stereocenters. The molecule has 22 heavy (non-hydrogen) atoms. The van der Waals surface area contributed by atoms with Crippen molar-refractivity contribution in [1.29, 1.82) is 0 Å². The standard InChI is InChI=1S/C15H17FN2O3S/c1-10-5-6-12-13(3-2-4-14(12)16)15(10)18-22(19,20)9-11-7-8-21-17-11/h2-4,7-8,10,15,18H,5-6,9H2,1H3/t10-,15+/m1/s1. The molecular formula is C15H17FN2O3S. The summed E-state index contributed by atoms with van der Waals surface area (Å²) in [5.41, 5.74) is 1.67. The molecule has 2 aromatic rings. The van der Waals surface area contributed by atoms with Crippen LogP contribution in [0.3, 0.4) is 0 Å². The van der Waals surface area contributed by atoms with Gasteiger partial charge in [-0.1, -0.05) is 24.2 Å². The molecule has 3 rings (SSSR count). The van der Waals surface area contributed by atoms with Gasteiger partial charge in [-0.2, -0.15) is 0 Å². The van der Waals surface area contributed by atoms with Gasteiger partial charge in [-0.25, -0.2) is 17.5 Å². The average molecular weight is 324 g/mol. The summed E-state index contributed by atoms with van der Waals surface area (Å²) in [6.45, 7) is 1.97. The van der Waals surface area contributed by atoms with Gasteiger partial charge < -0.3 is 4.52 Å². The van der Waals surface area contributed by atoms with Crippen LogP contribution in [0.1, 0.15) is 36.2 Å². The van der Waals surface area contributed by atoms with E-state index >= 15 is 0 Å². The molecule has 1 N–H and O–H groups in total. The van der Waals surface area contributed by atoms with E-state index in [2.05, 4.69) is 14.4 Å². The summed E-state index contributed by atoms with van der Waals surface area (Å²) in [6.07, 6.45) is 2.70. The number of halogens is 1. The van der Waals surface area contributed by atoms with Crippen molar-refractivity contribution < 1.29 is 17.3 Å². The van der Waals surface area contributed by atoms with Crippen molar-refractivity contribution in [3.63, 3.8) is 0 Å². The van der Waals surface area contributed by atoms with Gasteiger partial charge >= 0.3 is 0 Å². The summed E-state index contributed by atoms with van der Waals surface area (Å²) in [7, 11) is -3.59. The number of hydrogen-bond acceptors (Lipinski definition) is 4. The number of rotatable bonds is 4. The molecule has 0 saturated heterocycles. The molecule has 5 nitrogen and oxygen atoms in total. The minimum Gasteiger partial charge on any atom is -0.364 e. The first kappa shape index (κ1) is 15.2. The molecule has 0 bridgehead atoms. The summed E-state index contributed by atoms with van der Waals surface area (Å²) in [6, 6.07) is 5.91. The fourth-order valence-electron chi connectivity index (χ4n) is 2.90. The third-order valence-corrected chi connectivity index (χ3v) is 5.33. The summed E-state index contributed by atoms with van der Waals surface area (Å²) in [4.78, 5) is 0. The lowest BCUT2D eigenvalue weighted by Crippen LogP contribution is -2.36. The Morgan fingerprint density at radius 1 is 1.41 bits per heavy atom. The van der Waals surface area contributed by atoms with Gasteiger partial charge in [0.15, 0.2) is 0 Å². The average Bonchev–Trinajstić information content (AvgIpc) is 2.94. The monoisotopic (exact) mass is 324 g/mol. The van der Waals surface area contributed by atoms with Crippen molar-refractivity contribution in [3.05, 3.63) is 53.2 Å². The van der Waals surface area contributed by atoms with Crippen LogP contribution in [0.2, 0.25) is 0 Å². The molecule has 0 amide bonds. The van der Waals surface area contributed by atoms with Gasteiger partial charge in [0, 0.05) is 12.1 Å². The number of nitrogens with zero attached hydrogens (tertiary/aromatic N) is 1. The largest absolute Gasteiger partial charge is 0.364 e. The van der Waals surface area contributed by atoms with E-state index in [4.69, 9.17) is 0 Å². The topological polar surface area (TPSA) is 72.2 Å². The molecule has 0 unspecified atom stereocenters. The second kappa shape index (κ2) is 5.81. The maximum atomic E-state index is 13.9. The van der Waals surface area contributed by atoms with Gasteiger partial charge in [-0.05, 0) is 36.0 Å². The first-order chi connectivity index (χ1) is 10.5. The molecular weight excluding hydrogens is 307 g/mol. The van der Waals surface area contributed by atoms with Crippen LogP contribution in [0.15, 0.2) is 35.1 Å². The van der Waals surface area contributed by atoms with Crippen LogP contribution in [0.4, 0.5) is 4.39 Å². The van der Waals surface area contributed by atoms with Crippen molar-refractivity contribution in [2.45, 2.75) is 31.6 Å². The third-order valence-electron chi connectivity index (χ3n) is 4.04. The molecule has 1 aliphatic rings. The zero-order chi connectivity index (χ0) is 15.7. The summed E-state index contributed by atoms with van der Waals surface area (Å²) < 4.78 is 45.9. The number of hydrogen-bond donors (Lipinski definition) is 1. The van der Waals surface area contributed by atoms with E-state index in [9.17, 15) is 12.8 Å². The second-order valence-electron chi connectivity index (χ2n) is 5.67. The lowest BCUT2D eigenvalue weighted by Gasteiger charge is -2.32. The Bertz CT molecular complexity index is 759. The van der Waals surface area contributed by atoms with E-state index < -0.39 is 16.1 Å². The molecule has 1 aromatic heterocycles. The maximum absolute atomic E-state index is 13.9. The van der Waals surface area contributed by atoms with Gasteiger partial charge in [0.05, 0.1) is 5.69 Å². The number of nitrogens with one attached hydrogen (secondary N) is 1. The molecule has 0 saturated carbocycles. The van der Waals surface area contributed by atoms with E-state index in [-0.39, 0.29) is 17.5 Å². The summed E-state index contributed by atoms with van der Waals surface area (Å²) in [5, 5.41) is 3.62. The van der Waals surface area contributed by atoms with Gasteiger partial charge in [-0.3, -0.25) is 0 Å². The fraction of sp³-hybridized carbons (Fsp3) is 0.400. The Hall–Kier alpha value is -1.73. The van der Waals surface area contributed by atoms with Crippen LogP contribution in [0, 0.1) is 11.7 Å². The summed E-state index contributed by atoms with van der Waals surface area (Å²) in [5.74, 6) is -0.427. The van der Waals surface area contributed by atoms with Gasteiger partial charge in [0.1, 0.15) is 17.8 Å². The van der Waals surface area contributed by atoms with Crippen LogP contribution in [-0.4, -0.2) is 13.6 Å². The molecule has 0 fully saturated rings. The van der Waals surface area contributed by atoms with Gasteiger partial charge in [0.2, 0.25) is 10.0 Å². The second-order valence-corrected chi connectivity index (χ2v) is 7.42. The highest BCUT2D eigenvalue weighted by atomic mass is 32.2. The predicted octanol–water partition coefficient (Wildman–Crippen LogP) is 2.56. The smallest absolute Gasteiger partial charge is 0.218 e. The van der Waals surface area contributed by atoms with Crippen LogP contribution in [0.5, 0.6) is 0 Å². The van der Waals surface area contributed by atoms with E-state index in [1.54, 1.807) is 12.1 Å². The Morgan fingerprint density at radius 3 is 2.95 bits per heavy atom. The minimum absolute atomic E-state index is 0.0985. The number of fused-ring (bicyclic) bond motifs is 1. The SMILES string of the molecule is C[C@@H]1CCc2c(F)cccc2[C@H]1NS(=O)(=O)Cc1ccon1. The third kappa shape index (κ3) is 3.05. The Labute approximate surface area is 128 Å². The minimum atomic E-state index is -3.59. The Morgan fingerprint density at radius 2 is 2.23 bits per heavy atom. The normalized spacial score (nSPS) is 21.5. The lowest BCUT2D eigenvalue weighted by atomic mass is 9.81. The molecule has 1 aliphatic carbocycles. The maximum Gasteiger partial charge on any atom is 0.218 e. The highest BCUT2D eigenvalue weighted by Gasteiger charge is 2.31. The Balaban J connectivity index is 1.87. The van der Waals surface area contributed by atoms with Crippen molar-refractivity contribution in [2.24, 2.45) is 5.92 Å². The molecule has 118 valence electrons. The number of sulfonamides is 1. The van der Waals surface area contributed by atoms with E-state index in [0.29, 0.717) is 17.7 Å². The van der Waals surface area contributed by atoms with Crippen molar-refractivity contribution >= 4 is 10.0 Å². The number of benzene rings is 1. The lowest BCUT2D eigenvalue weighted by molar-refractivity contribution is 0.375. The molecule has 0 radical (unpaired) electrons. The molecule has 1 aromatic carbocycles. The van der Waals surface area contributed by atoms with Crippen LogP contribution >= 0.6 is 0 Å². The van der Waals surface area contributed by atoms with Crippen molar-refractivity contribution in [2.75, 3.05) is 0 Å². The quantitative estimate of drug-likeness (QED) is 0.938. The fourth-order valence-corrected chi connectivity index (χ4v) is 4.26. The molecule has 1 heterocycles. The zero-order valence-electron chi connectivity index (χ0n) is 12.1. The predicted molar refractivity (Wildman–Crippen MR) is 78.9 cm³/mol. The summed E-state index contributed by atoms with van der Waals surface area (Å²) >= 11 is 0. The highest BCUT2D eigenvalue weighted by Crippen LogP contribution is 2.36. The van der Waals surface area contributed by atoms with Gasteiger partial charge in [0.25, 0.3) is 0 Å². The molecule has 0 spiro atoms. The van der Waals surface area contributed by atoms with E-state index in [1.807, 2.05) is 6.92 Å². The van der Waals surface area contributed by atoms with E-state index in [1.165, 1.54) is 18.4 Å².